The number of carbonyl (C=O) groups is 1. The summed E-state index contributed by atoms with van der Waals surface area (Å²) in [5, 5.41) is 2.58. The Bertz CT molecular complexity index is 937. The Morgan fingerprint density at radius 1 is 1.08 bits per heavy atom. The van der Waals surface area contributed by atoms with Gasteiger partial charge < -0.3 is 10.1 Å². The van der Waals surface area contributed by atoms with Gasteiger partial charge in [-0.2, -0.15) is 8.78 Å². The normalized spacial score (nSPS) is 13.6. The van der Waals surface area contributed by atoms with Crippen LogP contribution < -0.4 is 10.1 Å². The number of para-hydroxylation sites is 1. The third kappa shape index (κ3) is 3.53. The minimum absolute atomic E-state index is 0.0979. The molecule has 0 saturated heterocycles. The number of ether oxygens (including phenoxy) is 1. The highest BCUT2D eigenvalue weighted by Gasteiger charge is 2.26. The zero-order chi connectivity index (χ0) is 18.0. The van der Waals surface area contributed by atoms with Crippen LogP contribution >= 0.6 is 0 Å². The summed E-state index contributed by atoms with van der Waals surface area (Å²) in [4.78, 5) is 11.8. The van der Waals surface area contributed by atoms with Crippen molar-refractivity contribution < 1.29 is 26.7 Å². The van der Waals surface area contributed by atoms with E-state index in [-0.39, 0.29) is 12.3 Å². The van der Waals surface area contributed by atoms with Crippen LogP contribution in [0.15, 0.2) is 59.0 Å². The number of amides is 1. The fourth-order valence-corrected chi connectivity index (χ4v) is 3.01. The van der Waals surface area contributed by atoms with Gasteiger partial charge >= 0.3 is 5.76 Å². The molecule has 1 aliphatic heterocycles. The molecule has 0 atom stereocenters. The van der Waals surface area contributed by atoms with E-state index in [9.17, 15) is 22.0 Å². The van der Waals surface area contributed by atoms with Crippen molar-refractivity contribution in [2.75, 3.05) is 11.9 Å². The zero-order valence-electron chi connectivity index (χ0n) is 12.8. The molecule has 1 amide bonds. The monoisotopic (exact) mass is 365 g/mol. The van der Waals surface area contributed by atoms with Gasteiger partial charge in [0.15, 0.2) is 0 Å². The number of hydrogen-bond donors (Lipinski definition) is 1. The number of benzene rings is 2. The van der Waals surface area contributed by atoms with Crippen molar-refractivity contribution in [2.45, 2.75) is 10.7 Å². The van der Waals surface area contributed by atoms with Crippen molar-refractivity contribution >= 4 is 27.5 Å². The molecule has 1 heterocycles. The Hall–Kier alpha value is -2.74. The van der Waals surface area contributed by atoms with Crippen LogP contribution in [-0.2, 0) is 14.6 Å². The number of fused-ring (bicyclic) bond motifs is 1. The number of rotatable bonds is 4. The number of alkyl halides is 2. The Balaban J connectivity index is 1.75. The average Bonchev–Trinajstić information content (AvgIpc) is 2.61. The van der Waals surface area contributed by atoms with Gasteiger partial charge in [-0.1, -0.05) is 18.2 Å². The summed E-state index contributed by atoms with van der Waals surface area (Å²) < 4.78 is 53.2. The second kappa shape index (κ2) is 6.64. The lowest BCUT2D eigenvalue weighted by atomic mass is 10.1. The lowest BCUT2D eigenvalue weighted by Gasteiger charge is -2.17. The van der Waals surface area contributed by atoms with Gasteiger partial charge in [-0.15, -0.1) is 0 Å². The quantitative estimate of drug-likeness (QED) is 0.904. The van der Waals surface area contributed by atoms with Crippen LogP contribution in [-0.4, -0.2) is 26.7 Å². The molecule has 0 aliphatic carbocycles. The summed E-state index contributed by atoms with van der Waals surface area (Å²) in [5.41, 5.74) is 1.46. The standard InChI is InChI=1S/C17H13F2NO4S/c18-17(19)25(22,23)14-7-5-13(6-8-14)20-16(21)12-9-11-3-1-2-4-15(11)24-10-12/h1-9,17H,10H2,(H,20,21). The van der Waals surface area contributed by atoms with E-state index in [4.69, 9.17) is 4.74 Å². The molecule has 0 unspecified atom stereocenters. The van der Waals surface area contributed by atoms with Crippen LogP contribution in [0.25, 0.3) is 6.08 Å². The number of halogens is 2. The largest absolute Gasteiger partial charge is 0.488 e. The zero-order valence-corrected chi connectivity index (χ0v) is 13.6. The Morgan fingerprint density at radius 3 is 2.44 bits per heavy atom. The van der Waals surface area contributed by atoms with E-state index in [1.165, 1.54) is 12.1 Å². The Kier molecular flexibility index (Phi) is 4.54. The predicted molar refractivity (Wildman–Crippen MR) is 88.2 cm³/mol. The molecule has 0 spiro atoms. The number of anilines is 1. The van der Waals surface area contributed by atoms with Crippen molar-refractivity contribution in [3.05, 3.63) is 59.7 Å². The van der Waals surface area contributed by atoms with E-state index in [0.29, 0.717) is 11.3 Å². The molecule has 25 heavy (non-hydrogen) atoms. The van der Waals surface area contributed by atoms with E-state index >= 15 is 0 Å². The van der Waals surface area contributed by atoms with Crippen LogP contribution in [0.1, 0.15) is 5.56 Å². The van der Waals surface area contributed by atoms with Crippen molar-refractivity contribution in [3.8, 4) is 5.75 Å². The number of carbonyl (C=O) groups excluding carboxylic acids is 1. The summed E-state index contributed by atoms with van der Waals surface area (Å²) in [7, 11) is -4.65. The lowest BCUT2D eigenvalue weighted by molar-refractivity contribution is -0.113. The average molecular weight is 365 g/mol. The van der Waals surface area contributed by atoms with E-state index in [2.05, 4.69) is 5.32 Å². The van der Waals surface area contributed by atoms with Crippen LogP contribution in [0.4, 0.5) is 14.5 Å². The van der Waals surface area contributed by atoms with Crippen molar-refractivity contribution in [1.82, 2.24) is 0 Å². The second-order valence-electron chi connectivity index (χ2n) is 5.28. The van der Waals surface area contributed by atoms with E-state index in [1.807, 2.05) is 18.2 Å². The summed E-state index contributed by atoms with van der Waals surface area (Å²) >= 11 is 0. The SMILES string of the molecule is O=C(Nc1ccc(S(=O)(=O)C(F)F)cc1)C1=Cc2ccccc2OC1. The molecule has 8 heteroatoms. The molecule has 0 bridgehead atoms. The highest BCUT2D eigenvalue weighted by atomic mass is 32.2. The highest BCUT2D eigenvalue weighted by molar-refractivity contribution is 7.91. The molecule has 130 valence electrons. The molecule has 3 rings (SSSR count). The first-order valence-electron chi connectivity index (χ1n) is 7.24. The molecule has 1 N–H and O–H groups in total. The van der Waals surface area contributed by atoms with Gasteiger partial charge in [-0.05, 0) is 36.4 Å². The van der Waals surface area contributed by atoms with E-state index in [0.717, 1.165) is 17.7 Å². The molecule has 1 aliphatic rings. The fraction of sp³-hybridized carbons (Fsp3) is 0.118. The molecular formula is C17H13F2NO4S. The van der Waals surface area contributed by atoms with Crippen LogP contribution in [0, 0.1) is 0 Å². The molecule has 5 nitrogen and oxygen atoms in total. The minimum Gasteiger partial charge on any atom is -0.488 e. The van der Waals surface area contributed by atoms with Crippen molar-refractivity contribution in [3.63, 3.8) is 0 Å². The fourth-order valence-electron chi connectivity index (χ4n) is 2.29. The van der Waals surface area contributed by atoms with Gasteiger partial charge in [0.2, 0.25) is 9.84 Å². The molecule has 2 aromatic carbocycles. The number of nitrogens with one attached hydrogen (secondary N) is 1. The Morgan fingerprint density at radius 2 is 1.76 bits per heavy atom. The molecule has 0 radical (unpaired) electrons. The molecule has 0 fully saturated rings. The van der Waals surface area contributed by atoms with Gasteiger partial charge in [0, 0.05) is 11.3 Å². The number of sulfone groups is 1. The first kappa shape index (κ1) is 17.1. The van der Waals surface area contributed by atoms with E-state index in [1.54, 1.807) is 12.1 Å². The van der Waals surface area contributed by atoms with Crippen molar-refractivity contribution in [2.24, 2.45) is 0 Å². The van der Waals surface area contributed by atoms with Gasteiger partial charge in [-0.3, -0.25) is 4.79 Å². The summed E-state index contributed by atoms with van der Waals surface area (Å²) in [5.74, 6) is -3.22. The van der Waals surface area contributed by atoms with Gasteiger partial charge in [0.05, 0.1) is 10.5 Å². The molecule has 0 saturated carbocycles. The predicted octanol–water partition coefficient (Wildman–Crippen LogP) is 3.10. The highest BCUT2D eigenvalue weighted by Crippen LogP contribution is 2.26. The summed E-state index contributed by atoms with van der Waals surface area (Å²) in [6.07, 6.45) is 1.70. The lowest BCUT2D eigenvalue weighted by Crippen LogP contribution is -2.21. The third-order valence-electron chi connectivity index (χ3n) is 3.60. The van der Waals surface area contributed by atoms with Gasteiger partial charge in [-0.25, -0.2) is 8.42 Å². The number of hydrogen-bond acceptors (Lipinski definition) is 4. The smallest absolute Gasteiger partial charge is 0.341 e. The maximum absolute atomic E-state index is 12.5. The van der Waals surface area contributed by atoms with Crippen LogP contribution in [0.2, 0.25) is 0 Å². The van der Waals surface area contributed by atoms with Gasteiger partial charge in [0.25, 0.3) is 5.91 Å². The first-order chi connectivity index (χ1) is 11.9. The van der Waals surface area contributed by atoms with Crippen LogP contribution in [0.3, 0.4) is 0 Å². The summed E-state index contributed by atoms with van der Waals surface area (Å²) in [6.45, 7) is 0.0979. The third-order valence-corrected chi connectivity index (χ3v) is 5.00. The summed E-state index contributed by atoms with van der Waals surface area (Å²) in [6, 6.07) is 11.8. The topological polar surface area (TPSA) is 72.5 Å². The maximum Gasteiger partial charge on any atom is 0.341 e. The maximum atomic E-state index is 12.5. The van der Waals surface area contributed by atoms with Gasteiger partial charge in [0.1, 0.15) is 12.4 Å². The molecular weight excluding hydrogens is 352 g/mol. The molecule has 0 aromatic heterocycles. The van der Waals surface area contributed by atoms with E-state index < -0.39 is 26.4 Å². The van der Waals surface area contributed by atoms with Crippen LogP contribution in [0.5, 0.6) is 5.75 Å². The first-order valence-corrected chi connectivity index (χ1v) is 8.78. The Labute approximate surface area is 142 Å². The van der Waals surface area contributed by atoms with Crippen molar-refractivity contribution in [1.29, 1.82) is 0 Å². The second-order valence-corrected chi connectivity index (χ2v) is 7.20. The molecule has 2 aromatic rings. The minimum atomic E-state index is -4.65.